The van der Waals surface area contributed by atoms with E-state index in [0.29, 0.717) is 0 Å². The summed E-state index contributed by atoms with van der Waals surface area (Å²) in [5.41, 5.74) is 0. The fourth-order valence-electron chi connectivity index (χ4n) is 5.69. The van der Waals surface area contributed by atoms with Gasteiger partial charge in [0.05, 0.1) is 15.8 Å². The zero-order chi connectivity index (χ0) is 32.6. The van der Waals surface area contributed by atoms with Crippen LogP contribution in [0, 0.1) is 6.07 Å². The number of hydrogen-bond acceptors (Lipinski definition) is 0. The van der Waals surface area contributed by atoms with Crippen LogP contribution in [-0.4, -0.2) is 0 Å². The summed E-state index contributed by atoms with van der Waals surface area (Å²) in [7, 11) is -1.75. The minimum atomic E-state index is -0.877. The van der Waals surface area contributed by atoms with Gasteiger partial charge in [-0.3, -0.25) is 0 Å². The average Bonchev–Trinajstić information content (AvgIpc) is 3.18. The fraction of sp³-hybridized carbons (Fsp3) is 0. The smallest absolute Gasteiger partial charge is 1.00 e. The summed E-state index contributed by atoms with van der Waals surface area (Å²) in [6.07, 6.45) is 0. The first kappa shape index (κ1) is 38.5. The second-order valence-electron chi connectivity index (χ2n) is 11.2. The van der Waals surface area contributed by atoms with Crippen LogP contribution in [0.5, 0.6) is 0 Å². The molecular formula is C46H39ClNiP2+2. The molecule has 0 N–H and O–H groups in total. The molecule has 0 fully saturated rings. The van der Waals surface area contributed by atoms with Gasteiger partial charge in [-0.05, 0) is 72.8 Å². The molecule has 0 atom stereocenters. The predicted octanol–water partition coefficient (Wildman–Crippen LogP) is 6.00. The van der Waals surface area contributed by atoms with E-state index in [4.69, 9.17) is 0 Å². The molecule has 0 unspecified atom stereocenters. The summed E-state index contributed by atoms with van der Waals surface area (Å²) in [4.78, 5) is 0. The van der Waals surface area contributed by atoms with Crippen LogP contribution in [-0.2, 0) is 16.5 Å². The minimum Gasteiger partial charge on any atom is -1.00 e. The zero-order valence-corrected chi connectivity index (χ0v) is 31.3. The number of fused-ring (bicyclic) bond motifs is 1. The normalized spacial score (nSPS) is 10.0. The minimum absolute atomic E-state index is 0. The van der Waals surface area contributed by atoms with Crippen LogP contribution < -0.4 is 44.2 Å². The topological polar surface area (TPSA) is 0 Å². The van der Waals surface area contributed by atoms with E-state index in [1.807, 2.05) is 24.3 Å². The van der Waals surface area contributed by atoms with Gasteiger partial charge in [-0.15, -0.1) is 47.2 Å². The molecule has 4 heteroatoms. The second-order valence-corrected chi connectivity index (χ2v) is 16.2. The van der Waals surface area contributed by atoms with Gasteiger partial charge in [0.25, 0.3) is 0 Å². The van der Waals surface area contributed by atoms with E-state index in [9.17, 15) is 0 Å². The summed E-state index contributed by atoms with van der Waals surface area (Å²) in [5.74, 6) is 0. The van der Waals surface area contributed by atoms with E-state index < -0.39 is 15.8 Å². The second kappa shape index (κ2) is 21.0. The van der Waals surface area contributed by atoms with E-state index in [2.05, 4.69) is 206 Å². The monoisotopic (exact) mass is 746 g/mol. The van der Waals surface area contributed by atoms with Gasteiger partial charge in [0.2, 0.25) is 0 Å². The van der Waals surface area contributed by atoms with Gasteiger partial charge in [0.15, 0.2) is 0 Å². The van der Waals surface area contributed by atoms with Gasteiger partial charge in [0.1, 0.15) is 31.8 Å². The van der Waals surface area contributed by atoms with Gasteiger partial charge >= 0.3 is 16.5 Å². The van der Waals surface area contributed by atoms with E-state index in [1.54, 1.807) is 0 Å². The molecule has 0 aliphatic rings. The van der Waals surface area contributed by atoms with Crippen molar-refractivity contribution < 1.29 is 28.9 Å². The quantitative estimate of drug-likeness (QED) is 0.111. The summed E-state index contributed by atoms with van der Waals surface area (Å²) < 4.78 is 0. The molecule has 0 amide bonds. The first-order chi connectivity index (χ1) is 23.9. The Bertz CT molecular complexity index is 1690. The van der Waals surface area contributed by atoms with Crippen LogP contribution >= 0.6 is 15.8 Å². The zero-order valence-electron chi connectivity index (χ0n) is 27.6. The van der Waals surface area contributed by atoms with Crippen molar-refractivity contribution >= 4 is 58.4 Å². The molecule has 8 aromatic carbocycles. The van der Waals surface area contributed by atoms with Crippen molar-refractivity contribution in [1.82, 2.24) is 0 Å². The number of rotatable bonds is 6. The Balaban J connectivity index is 0.000000173. The molecule has 0 saturated carbocycles. The molecule has 50 heavy (non-hydrogen) atoms. The van der Waals surface area contributed by atoms with Gasteiger partial charge in [-0.2, -0.15) is 0 Å². The molecule has 0 saturated heterocycles. The fourth-order valence-corrected chi connectivity index (χ4v) is 10.8. The molecule has 0 heterocycles. The molecule has 0 aromatic heterocycles. The van der Waals surface area contributed by atoms with Crippen molar-refractivity contribution in [3.05, 3.63) is 231 Å². The van der Waals surface area contributed by atoms with Gasteiger partial charge < -0.3 is 12.4 Å². The Labute approximate surface area is 316 Å². The Kier molecular flexibility index (Phi) is 16.2. The molecule has 8 rings (SSSR count). The average molecular weight is 748 g/mol. The Hall–Kier alpha value is -4.34. The maximum Gasteiger partial charge on any atom is 2.00 e. The first-order valence-corrected chi connectivity index (χ1v) is 19.3. The van der Waals surface area contributed by atoms with E-state index in [0.717, 1.165) is 0 Å². The van der Waals surface area contributed by atoms with Gasteiger partial charge in [-0.25, -0.2) is 0 Å². The van der Waals surface area contributed by atoms with Crippen LogP contribution in [0.25, 0.3) is 10.8 Å². The van der Waals surface area contributed by atoms with Crippen molar-refractivity contribution in [1.29, 1.82) is 0 Å². The summed E-state index contributed by atoms with van der Waals surface area (Å²) in [6, 6.07) is 82.4. The standard InChI is InChI=1S/2C18H15P.C10H7.ClH.Ni/c2*1-4-10-16(11-5-1)19(17-12-6-2-7-13-17)18-14-8-3-9-15-18;1-2-6-10-8-4-3-7-9(10)5-1;;/h2*1-15H;1-7H;1H;/q;;-1;;+2/p+1. The molecule has 0 bridgehead atoms. The predicted molar refractivity (Wildman–Crippen MR) is 216 cm³/mol. The van der Waals surface area contributed by atoms with Crippen LogP contribution in [0.15, 0.2) is 224 Å². The SMILES string of the molecule is [Cl-].[Ni+2].[c-]1cccc2ccccc12.c1ccc([PH+](c2ccccc2)c2ccccc2)cc1.c1ccc([PH+](c2ccccc2)c2ccccc2)cc1. The summed E-state index contributed by atoms with van der Waals surface area (Å²) in [6.45, 7) is 0. The Morgan fingerprint density at radius 3 is 0.800 bits per heavy atom. The van der Waals surface area contributed by atoms with Crippen LogP contribution in [0.4, 0.5) is 0 Å². The third-order valence-corrected chi connectivity index (χ3v) is 13.4. The third-order valence-electron chi connectivity index (χ3n) is 7.95. The molecule has 8 aromatic rings. The number of halogens is 1. The molecule has 0 nitrogen and oxygen atoms in total. The van der Waals surface area contributed by atoms with Gasteiger partial charge in [-0.1, -0.05) is 121 Å². The molecule has 248 valence electrons. The maximum absolute atomic E-state index is 3.15. The van der Waals surface area contributed by atoms with Gasteiger partial charge in [0, 0.05) is 0 Å². The number of hydrogen-bond donors (Lipinski definition) is 0. The van der Waals surface area contributed by atoms with Crippen molar-refractivity contribution in [3.8, 4) is 0 Å². The molecule has 0 aliphatic heterocycles. The largest absolute Gasteiger partial charge is 2.00 e. The van der Waals surface area contributed by atoms with Crippen molar-refractivity contribution in [2.75, 3.05) is 0 Å². The summed E-state index contributed by atoms with van der Waals surface area (Å²) >= 11 is 0. The van der Waals surface area contributed by atoms with E-state index >= 15 is 0 Å². The van der Waals surface area contributed by atoms with Crippen LogP contribution in [0.2, 0.25) is 0 Å². The van der Waals surface area contributed by atoms with Crippen molar-refractivity contribution in [2.45, 2.75) is 0 Å². The van der Waals surface area contributed by atoms with Crippen molar-refractivity contribution in [2.24, 2.45) is 0 Å². The Morgan fingerprint density at radius 2 is 0.520 bits per heavy atom. The molecule has 0 aliphatic carbocycles. The maximum atomic E-state index is 3.15. The van der Waals surface area contributed by atoms with E-state index in [-0.39, 0.29) is 28.9 Å². The third kappa shape index (κ3) is 10.8. The van der Waals surface area contributed by atoms with E-state index in [1.165, 1.54) is 42.6 Å². The van der Waals surface area contributed by atoms with Crippen LogP contribution in [0.3, 0.4) is 0 Å². The number of benzene rings is 8. The first-order valence-electron chi connectivity index (χ1n) is 16.3. The molecule has 0 radical (unpaired) electrons. The summed E-state index contributed by atoms with van der Waals surface area (Å²) in [5, 5.41) is 11.1. The Morgan fingerprint density at radius 1 is 0.280 bits per heavy atom. The molecule has 0 spiro atoms. The van der Waals surface area contributed by atoms with Crippen LogP contribution in [0.1, 0.15) is 0 Å². The van der Waals surface area contributed by atoms with Crippen molar-refractivity contribution in [3.63, 3.8) is 0 Å². The molecular weight excluding hydrogens is 709 g/mol.